The zero-order valence-corrected chi connectivity index (χ0v) is 16.1. The molecule has 14 heteroatoms. The standard InChI is InChI=1S/C14H9ClF4N6OS2/c1-28(26)25(27-19)11-9(3-2-8-10(11)21-5-4-20-8)23-12-7(14(16,17)18)6-22-13(15)24-12/h2-6H,1H3,(H,22,23,24). The number of anilines is 3. The summed E-state index contributed by atoms with van der Waals surface area (Å²) in [4.78, 5) is 15.1. The molecule has 0 saturated heterocycles. The summed E-state index contributed by atoms with van der Waals surface area (Å²) < 4.78 is 66.1. The molecule has 2 heterocycles. The minimum atomic E-state index is -4.77. The Balaban J connectivity index is 2.23. The highest BCUT2D eigenvalue weighted by molar-refractivity contribution is 8.09. The van der Waals surface area contributed by atoms with E-state index in [4.69, 9.17) is 11.6 Å². The lowest BCUT2D eigenvalue weighted by Gasteiger charge is -2.21. The van der Waals surface area contributed by atoms with E-state index in [0.29, 0.717) is 11.7 Å². The van der Waals surface area contributed by atoms with Crippen LogP contribution in [0.15, 0.2) is 30.7 Å². The van der Waals surface area contributed by atoms with Crippen LogP contribution in [0.3, 0.4) is 0 Å². The Bertz CT molecular complexity index is 1050. The minimum absolute atomic E-state index is 0.0337. The molecule has 148 valence electrons. The molecular formula is C14H9ClF4N6OS2. The molecule has 3 aromatic rings. The second kappa shape index (κ2) is 8.01. The number of alkyl halides is 3. The van der Waals surface area contributed by atoms with Gasteiger partial charge in [-0.1, -0.05) is 0 Å². The van der Waals surface area contributed by atoms with Gasteiger partial charge in [0.2, 0.25) is 5.28 Å². The molecule has 0 spiro atoms. The maximum Gasteiger partial charge on any atom is 0.421 e. The van der Waals surface area contributed by atoms with E-state index in [1.807, 2.05) is 0 Å². The van der Waals surface area contributed by atoms with Crippen LogP contribution >= 0.6 is 23.9 Å². The Hall–Kier alpha value is -2.25. The second-order valence-electron chi connectivity index (χ2n) is 5.16. The molecule has 0 aliphatic carbocycles. The van der Waals surface area contributed by atoms with E-state index in [2.05, 4.69) is 25.3 Å². The van der Waals surface area contributed by atoms with E-state index in [1.54, 1.807) is 0 Å². The molecule has 1 unspecified atom stereocenters. The third kappa shape index (κ3) is 4.10. The fraction of sp³-hybridized carbons (Fsp3) is 0.143. The Labute approximate surface area is 167 Å². The predicted molar refractivity (Wildman–Crippen MR) is 100 cm³/mol. The van der Waals surface area contributed by atoms with E-state index in [1.165, 1.54) is 30.8 Å². The molecule has 1 atom stereocenters. The zero-order chi connectivity index (χ0) is 20.5. The average Bonchev–Trinajstić information content (AvgIpc) is 2.62. The maximum atomic E-state index is 13.5. The number of benzene rings is 1. The highest BCUT2D eigenvalue weighted by Crippen LogP contribution is 2.41. The Kier molecular flexibility index (Phi) is 5.86. The number of hydrogen-bond donors (Lipinski definition) is 1. The van der Waals surface area contributed by atoms with Gasteiger partial charge in [-0.25, -0.2) is 12.9 Å². The molecule has 0 aliphatic rings. The van der Waals surface area contributed by atoms with Crippen molar-refractivity contribution in [3.05, 3.63) is 41.6 Å². The van der Waals surface area contributed by atoms with Gasteiger partial charge in [-0.05, 0) is 23.7 Å². The maximum absolute atomic E-state index is 13.5. The van der Waals surface area contributed by atoms with Crippen LogP contribution in [0.5, 0.6) is 0 Å². The van der Waals surface area contributed by atoms with Crippen molar-refractivity contribution in [2.45, 2.75) is 6.18 Å². The molecule has 0 amide bonds. The highest BCUT2D eigenvalue weighted by atomic mass is 35.5. The monoisotopic (exact) mass is 452 g/mol. The van der Waals surface area contributed by atoms with Crippen LogP contribution in [0, 0.1) is 0 Å². The summed E-state index contributed by atoms with van der Waals surface area (Å²) in [5, 5.41) is 2.05. The van der Waals surface area contributed by atoms with Crippen LogP contribution < -0.4 is 9.03 Å². The van der Waals surface area contributed by atoms with Crippen LogP contribution in [-0.4, -0.2) is 30.4 Å². The number of nitrogens with zero attached hydrogens (tertiary/aromatic N) is 5. The first kappa shape index (κ1) is 20.5. The normalized spacial score (nSPS) is 12.8. The summed E-state index contributed by atoms with van der Waals surface area (Å²) in [5.74, 6) is -0.650. The van der Waals surface area contributed by atoms with E-state index in [9.17, 15) is 21.3 Å². The van der Waals surface area contributed by atoms with Crippen LogP contribution in [-0.2, 0) is 17.2 Å². The van der Waals surface area contributed by atoms with Crippen molar-refractivity contribution in [3.8, 4) is 0 Å². The fourth-order valence-corrected chi connectivity index (χ4v) is 3.45. The molecule has 28 heavy (non-hydrogen) atoms. The zero-order valence-electron chi connectivity index (χ0n) is 13.7. The number of hydrogen-bond acceptors (Lipinski definition) is 7. The second-order valence-corrected chi connectivity index (χ2v) is 7.44. The summed E-state index contributed by atoms with van der Waals surface area (Å²) in [6.07, 6.45) is -0.336. The Morgan fingerprint density at radius 2 is 1.93 bits per heavy atom. The molecule has 7 nitrogen and oxygen atoms in total. The third-order valence-electron chi connectivity index (χ3n) is 3.41. The average molecular weight is 453 g/mol. The quantitative estimate of drug-likeness (QED) is 0.347. The van der Waals surface area contributed by atoms with Crippen molar-refractivity contribution in [3.63, 3.8) is 0 Å². The molecule has 1 N–H and O–H groups in total. The third-order valence-corrected chi connectivity index (χ3v) is 5.35. The fourth-order valence-electron chi connectivity index (χ4n) is 2.30. The molecule has 0 fully saturated rings. The van der Waals surface area contributed by atoms with Gasteiger partial charge < -0.3 is 5.32 Å². The van der Waals surface area contributed by atoms with Gasteiger partial charge >= 0.3 is 6.18 Å². The van der Waals surface area contributed by atoms with Crippen molar-refractivity contribution in [2.75, 3.05) is 15.3 Å². The first-order valence-corrected chi connectivity index (χ1v) is 9.82. The summed E-state index contributed by atoms with van der Waals surface area (Å²) in [6.45, 7) is 0. The molecule has 1 aromatic carbocycles. The topological polar surface area (TPSA) is 83.9 Å². The Morgan fingerprint density at radius 1 is 1.21 bits per heavy atom. The first-order chi connectivity index (χ1) is 13.2. The number of nitrogens with one attached hydrogen (secondary N) is 1. The molecule has 0 saturated carbocycles. The van der Waals surface area contributed by atoms with E-state index < -0.39 is 33.8 Å². The number of aromatic nitrogens is 4. The van der Waals surface area contributed by atoms with Gasteiger partial charge in [-0.15, -0.1) is 3.89 Å². The summed E-state index contributed by atoms with van der Waals surface area (Å²) in [7, 11) is -1.87. The van der Waals surface area contributed by atoms with E-state index >= 15 is 0 Å². The van der Waals surface area contributed by atoms with Crippen LogP contribution in [0.1, 0.15) is 5.56 Å². The molecule has 0 bridgehead atoms. The van der Waals surface area contributed by atoms with E-state index in [0.717, 1.165) is 3.71 Å². The van der Waals surface area contributed by atoms with Crippen molar-refractivity contribution in [1.29, 1.82) is 0 Å². The lowest BCUT2D eigenvalue weighted by atomic mass is 10.2. The van der Waals surface area contributed by atoms with Gasteiger partial charge in [0.25, 0.3) is 0 Å². The van der Waals surface area contributed by atoms with Crippen LogP contribution in [0.25, 0.3) is 11.0 Å². The SMILES string of the molecule is CS(=O)N(SF)c1c(Nc2nc(Cl)ncc2C(F)(F)F)ccc2nccnc12. The van der Waals surface area contributed by atoms with Crippen molar-refractivity contribution < 1.29 is 21.3 Å². The smallest absolute Gasteiger partial charge is 0.338 e. The van der Waals surface area contributed by atoms with Crippen molar-refractivity contribution in [2.24, 2.45) is 0 Å². The van der Waals surface area contributed by atoms with Gasteiger partial charge in [-0.2, -0.15) is 18.2 Å². The van der Waals surface area contributed by atoms with Crippen LogP contribution in [0.4, 0.5) is 34.2 Å². The highest BCUT2D eigenvalue weighted by Gasteiger charge is 2.36. The van der Waals surface area contributed by atoms with Gasteiger partial charge in [0.15, 0.2) is 12.3 Å². The summed E-state index contributed by atoms with van der Waals surface area (Å²) in [5.41, 5.74) is -0.833. The largest absolute Gasteiger partial charge is 0.421 e. The van der Waals surface area contributed by atoms with Gasteiger partial charge in [0, 0.05) is 24.8 Å². The van der Waals surface area contributed by atoms with Gasteiger partial charge in [0.1, 0.15) is 33.6 Å². The van der Waals surface area contributed by atoms with Gasteiger partial charge in [0.05, 0.1) is 11.2 Å². The lowest BCUT2D eigenvalue weighted by molar-refractivity contribution is -0.137. The molecule has 3 rings (SSSR count). The van der Waals surface area contributed by atoms with Crippen LogP contribution in [0.2, 0.25) is 5.28 Å². The number of fused-ring (bicyclic) bond motifs is 1. The van der Waals surface area contributed by atoms with Crippen molar-refractivity contribution in [1.82, 2.24) is 19.9 Å². The predicted octanol–water partition coefficient (Wildman–Crippen LogP) is 4.47. The molecular weight excluding hydrogens is 444 g/mol. The minimum Gasteiger partial charge on any atom is -0.338 e. The number of rotatable bonds is 5. The van der Waals surface area contributed by atoms with Gasteiger partial charge in [-0.3, -0.25) is 9.97 Å². The molecule has 0 radical (unpaired) electrons. The molecule has 2 aromatic heterocycles. The Morgan fingerprint density at radius 3 is 2.57 bits per heavy atom. The molecule has 0 aliphatic heterocycles. The number of halogens is 5. The lowest BCUT2D eigenvalue weighted by Crippen LogP contribution is -2.18. The van der Waals surface area contributed by atoms with E-state index in [-0.39, 0.29) is 29.2 Å². The first-order valence-electron chi connectivity index (χ1n) is 7.25. The summed E-state index contributed by atoms with van der Waals surface area (Å²) in [6, 6.07) is 2.81. The van der Waals surface area contributed by atoms with Crippen molar-refractivity contribution >= 4 is 63.1 Å². The summed E-state index contributed by atoms with van der Waals surface area (Å²) >= 11 is 5.26.